The topological polar surface area (TPSA) is 105 Å². The van der Waals surface area contributed by atoms with Crippen LogP contribution in [0, 0.1) is 11.3 Å². The Morgan fingerprint density at radius 1 is 0.848 bits per heavy atom. The van der Waals surface area contributed by atoms with E-state index in [1.165, 1.54) is 19.3 Å². The summed E-state index contributed by atoms with van der Waals surface area (Å²) < 4.78 is 0. The average molecular weight is 645 g/mol. The number of hydrogen-bond donors (Lipinski definition) is 2. The normalized spacial score (nSPS) is 23.4. The van der Waals surface area contributed by atoms with Gasteiger partial charge in [-0.1, -0.05) is 53.5 Å². The fraction of sp³-hybridized carbons (Fsp3) is 0.833. The molecule has 0 radical (unpaired) electrons. The lowest BCUT2D eigenvalue weighted by Gasteiger charge is -2.41. The summed E-state index contributed by atoms with van der Waals surface area (Å²) in [5, 5.41) is 6.23. The molecule has 10 heteroatoms. The SMILES string of the molecule is CC(=C[C@H](C(C)C)N(C)C(=O)[C@@H](NC(=O)[C@H]1CCCCN1C(C)C)C(C)(C)C)C(=O)N1CCC[C@H]1C(=O)NCCN1CCCCC1. The molecule has 0 unspecified atom stereocenters. The summed E-state index contributed by atoms with van der Waals surface area (Å²) in [6.45, 7) is 21.0. The van der Waals surface area contributed by atoms with Gasteiger partial charge < -0.3 is 25.3 Å². The lowest BCUT2D eigenvalue weighted by molar-refractivity contribution is -0.142. The fourth-order valence-corrected chi connectivity index (χ4v) is 7.32. The number of amides is 4. The third kappa shape index (κ3) is 10.0. The van der Waals surface area contributed by atoms with Crippen molar-refractivity contribution in [3.63, 3.8) is 0 Å². The Bertz CT molecular complexity index is 1080. The smallest absolute Gasteiger partial charge is 0.249 e. The lowest BCUT2D eigenvalue weighted by atomic mass is 9.84. The predicted molar refractivity (Wildman–Crippen MR) is 184 cm³/mol. The maximum Gasteiger partial charge on any atom is 0.249 e. The summed E-state index contributed by atoms with van der Waals surface area (Å²) in [5.74, 6) is -0.481. The number of hydrogen-bond acceptors (Lipinski definition) is 6. The van der Waals surface area contributed by atoms with Gasteiger partial charge in [0.05, 0.1) is 12.1 Å². The van der Waals surface area contributed by atoms with Crippen LogP contribution in [0.4, 0.5) is 0 Å². The van der Waals surface area contributed by atoms with E-state index in [2.05, 4.69) is 34.3 Å². The highest BCUT2D eigenvalue weighted by Gasteiger charge is 2.40. The standard InChI is InChI=1S/C36H64N6O4/c1-25(2)30(39(9)35(46)31(36(6,7)8)38-33(44)29-16-11-14-21-41(29)26(3)4)24-27(5)34(45)42-22-15-17-28(42)32(43)37-18-23-40-19-12-10-13-20-40/h24-26,28-31H,10-23H2,1-9H3,(H,37,43)(H,38,44)/t28-,29+,30+,31+/m0/s1. The fourth-order valence-electron chi connectivity index (χ4n) is 7.32. The Morgan fingerprint density at radius 3 is 2.09 bits per heavy atom. The van der Waals surface area contributed by atoms with Crippen LogP contribution in [0.3, 0.4) is 0 Å². The molecule has 2 N–H and O–H groups in total. The summed E-state index contributed by atoms with van der Waals surface area (Å²) >= 11 is 0. The first-order valence-electron chi connectivity index (χ1n) is 18.0. The van der Waals surface area contributed by atoms with E-state index in [1.54, 1.807) is 23.8 Å². The quantitative estimate of drug-likeness (QED) is 0.313. The number of rotatable bonds is 12. The average Bonchev–Trinajstić information content (AvgIpc) is 3.51. The van der Waals surface area contributed by atoms with Crippen LogP contribution in [-0.4, -0.2) is 120 Å². The predicted octanol–water partition coefficient (Wildman–Crippen LogP) is 3.80. The molecule has 3 rings (SSSR count). The van der Waals surface area contributed by atoms with Crippen LogP contribution in [0.15, 0.2) is 11.6 Å². The van der Waals surface area contributed by atoms with Gasteiger partial charge >= 0.3 is 0 Å². The third-order valence-corrected chi connectivity index (χ3v) is 10.1. The van der Waals surface area contributed by atoms with Gasteiger partial charge in [-0.25, -0.2) is 0 Å². The molecule has 46 heavy (non-hydrogen) atoms. The highest BCUT2D eigenvalue weighted by molar-refractivity contribution is 5.97. The molecule has 262 valence electrons. The number of carbonyl (C=O) groups is 4. The van der Waals surface area contributed by atoms with Gasteiger partial charge in [0.15, 0.2) is 0 Å². The molecule has 3 aliphatic heterocycles. The van der Waals surface area contributed by atoms with Crippen molar-refractivity contribution in [3.05, 3.63) is 11.6 Å². The molecule has 0 aliphatic carbocycles. The molecule has 3 aliphatic rings. The summed E-state index contributed by atoms with van der Waals surface area (Å²) in [7, 11) is 1.77. The van der Waals surface area contributed by atoms with Gasteiger partial charge in [0.25, 0.3) is 0 Å². The first-order chi connectivity index (χ1) is 21.6. The Balaban J connectivity index is 1.70. The number of nitrogens with one attached hydrogen (secondary N) is 2. The molecule has 3 heterocycles. The van der Waals surface area contributed by atoms with Gasteiger partial charge in [-0.15, -0.1) is 0 Å². The van der Waals surface area contributed by atoms with Gasteiger partial charge in [-0.3, -0.25) is 24.1 Å². The van der Waals surface area contributed by atoms with E-state index in [0.29, 0.717) is 25.1 Å². The summed E-state index contributed by atoms with van der Waals surface area (Å²) in [6.07, 6.45) is 9.89. The molecule has 0 aromatic carbocycles. The number of likely N-dealkylation sites (tertiary alicyclic amines) is 3. The minimum Gasteiger partial charge on any atom is -0.353 e. The van der Waals surface area contributed by atoms with Crippen LogP contribution in [0.2, 0.25) is 0 Å². The number of nitrogens with zero attached hydrogens (tertiary/aromatic N) is 4. The van der Waals surface area contributed by atoms with Gasteiger partial charge in [-0.05, 0) is 90.3 Å². The molecule has 4 atom stereocenters. The monoisotopic (exact) mass is 644 g/mol. The van der Waals surface area contributed by atoms with Crippen molar-refractivity contribution in [1.29, 1.82) is 0 Å². The molecule has 0 bridgehead atoms. The number of likely N-dealkylation sites (N-methyl/N-ethyl adjacent to an activating group) is 1. The highest BCUT2D eigenvalue weighted by atomic mass is 16.2. The molecule has 0 saturated carbocycles. The molecule has 4 amide bonds. The highest BCUT2D eigenvalue weighted by Crippen LogP contribution is 2.27. The molecular formula is C36H64N6O4. The molecule has 0 aromatic rings. The largest absolute Gasteiger partial charge is 0.353 e. The molecule has 0 spiro atoms. The van der Waals surface area contributed by atoms with Crippen LogP contribution in [0.5, 0.6) is 0 Å². The van der Waals surface area contributed by atoms with Crippen LogP contribution in [-0.2, 0) is 19.2 Å². The van der Waals surface area contributed by atoms with E-state index in [1.807, 2.05) is 40.7 Å². The molecular weight excluding hydrogens is 580 g/mol. The van der Waals surface area contributed by atoms with Gasteiger partial charge in [-0.2, -0.15) is 0 Å². The van der Waals surface area contributed by atoms with Gasteiger partial charge in [0, 0.05) is 38.3 Å². The number of piperidine rings is 2. The van der Waals surface area contributed by atoms with E-state index < -0.39 is 17.5 Å². The summed E-state index contributed by atoms with van der Waals surface area (Å²) in [4.78, 5) is 62.7. The van der Waals surface area contributed by atoms with E-state index in [0.717, 1.165) is 51.9 Å². The van der Waals surface area contributed by atoms with Crippen molar-refractivity contribution in [2.75, 3.05) is 46.3 Å². The zero-order valence-electron chi connectivity index (χ0n) is 30.4. The Kier molecular flexibility index (Phi) is 14.1. The zero-order chi connectivity index (χ0) is 34.2. The van der Waals surface area contributed by atoms with E-state index in [4.69, 9.17) is 0 Å². The van der Waals surface area contributed by atoms with E-state index >= 15 is 0 Å². The Morgan fingerprint density at radius 2 is 1.48 bits per heavy atom. The van der Waals surface area contributed by atoms with Crippen molar-refractivity contribution < 1.29 is 19.2 Å². The number of carbonyl (C=O) groups excluding carboxylic acids is 4. The first-order valence-corrected chi connectivity index (χ1v) is 18.0. The minimum atomic E-state index is -0.719. The van der Waals surface area contributed by atoms with Crippen molar-refractivity contribution in [2.45, 2.75) is 137 Å². The maximum absolute atomic E-state index is 14.1. The molecule has 3 saturated heterocycles. The maximum atomic E-state index is 14.1. The molecule has 0 aromatic heterocycles. The van der Waals surface area contributed by atoms with Gasteiger partial charge in [0.2, 0.25) is 23.6 Å². The van der Waals surface area contributed by atoms with Crippen molar-refractivity contribution in [3.8, 4) is 0 Å². The van der Waals surface area contributed by atoms with Crippen LogP contribution >= 0.6 is 0 Å². The second-order valence-electron chi connectivity index (χ2n) is 15.5. The van der Waals surface area contributed by atoms with E-state index in [-0.39, 0.29) is 47.7 Å². The van der Waals surface area contributed by atoms with E-state index in [9.17, 15) is 19.2 Å². The lowest BCUT2D eigenvalue weighted by Crippen LogP contribution is -2.60. The Hall–Kier alpha value is -2.46. The zero-order valence-corrected chi connectivity index (χ0v) is 30.4. The summed E-state index contributed by atoms with van der Waals surface area (Å²) in [5.41, 5.74) is 0.0101. The second-order valence-corrected chi connectivity index (χ2v) is 15.5. The minimum absolute atomic E-state index is 0.0234. The first kappa shape index (κ1) is 38.0. The summed E-state index contributed by atoms with van der Waals surface area (Å²) in [6, 6.07) is -1.55. The molecule has 10 nitrogen and oxygen atoms in total. The molecule has 3 fully saturated rings. The van der Waals surface area contributed by atoms with Crippen molar-refractivity contribution in [1.82, 2.24) is 30.2 Å². The van der Waals surface area contributed by atoms with Crippen molar-refractivity contribution in [2.24, 2.45) is 11.3 Å². The van der Waals surface area contributed by atoms with Crippen LogP contribution < -0.4 is 10.6 Å². The van der Waals surface area contributed by atoms with Crippen LogP contribution in [0.1, 0.15) is 107 Å². The third-order valence-electron chi connectivity index (χ3n) is 10.1. The van der Waals surface area contributed by atoms with Gasteiger partial charge in [0.1, 0.15) is 12.1 Å². The van der Waals surface area contributed by atoms with Crippen LogP contribution in [0.25, 0.3) is 0 Å². The second kappa shape index (κ2) is 17.1. The Labute approximate surface area is 279 Å². The van der Waals surface area contributed by atoms with Crippen molar-refractivity contribution >= 4 is 23.6 Å².